The summed E-state index contributed by atoms with van der Waals surface area (Å²) in [5.41, 5.74) is 1.85. The standard InChI is InChI=1S/C17H18N4OS2/c1-10-13(9-18)17(20-12(3)19-10)24-11(2)16(22)21-14-7-5-6-8-15(14)23-4/h5-8,11H,1-4H3,(H,21,22). The Hall–Kier alpha value is -2.04. The minimum absolute atomic E-state index is 0.126. The summed E-state index contributed by atoms with van der Waals surface area (Å²) < 4.78 is 0. The molecule has 1 amide bonds. The zero-order valence-electron chi connectivity index (χ0n) is 14.0. The highest BCUT2D eigenvalue weighted by molar-refractivity contribution is 8.00. The number of aryl methyl sites for hydroxylation is 2. The van der Waals surface area contributed by atoms with Crippen LogP contribution in [-0.2, 0) is 4.79 Å². The maximum atomic E-state index is 12.5. The van der Waals surface area contributed by atoms with Crippen LogP contribution in [-0.4, -0.2) is 27.4 Å². The lowest BCUT2D eigenvalue weighted by Crippen LogP contribution is -2.23. The number of anilines is 1. The highest BCUT2D eigenvalue weighted by Crippen LogP contribution is 2.29. The molecule has 24 heavy (non-hydrogen) atoms. The van der Waals surface area contributed by atoms with E-state index in [2.05, 4.69) is 21.4 Å². The molecule has 5 nitrogen and oxygen atoms in total. The first kappa shape index (κ1) is 18.3. The van der Waals surface area contributed by atoms with Crippen LogP contribution in [0.25, 0.3) is 0 Å². The largest absolute Gasteiger partial charge is 0.324 e. The number of nitrogens with one attached hydrogen (secondary N) is 1. The highest BCUT2D eigenvalue weighted by Gasteiger charge is 2.20. The summed E-state index contributed by atoms with van der Waals surface area (Å²) in [5, 5.41) is 12.4. The predicted molar refractivity (Wildman–Crippen MR) is 98.4 cm³/mol. The van der Waals surface area contributed by atoms with Gasteiger partial charge in [0.2, 0.25) is 5.91 Å². The number of carbonyl (C=O) groups excluding carboxylic acids is 1. The van der Waals surface area contributed by atoms with Gasteiger partial charge in [-0.25, -0.2) is 9.97 Å². The van der Waals surface area contributed by atoms with Gasteiger partial charge in [-0.3, -0.25) is 4.79 Å². The fourth-order valence-electron chi connectivity index (χ4n) is 2.10. The smallest absolute Gasteiger partial charge is 0.237 e. The van der Waals surface area contributed by atoms with Gasteiger partial charge in [-0.15, -0.1) is 11.8 Å². The van der Waals surface area contributed by atoms with E-state index < -0.39 is 0 Å². The second kappa shape index (κ2) is 8.18. The number of rotatable bonds is 5. The number of para-hydroxylation sites is 1. The Bertz CT molecular complexity index is 802. The summed E-state index contributed by atoms with van der Waals surface area (Å²) in [6.07, 6.45) is 1.97. The van der Waals surface area contributed by atoms with Gasteiger partial charge >= 0.3 is 0 Å². The minimum Gasteiger partial charge on any atom is -0.324 e. The average molecular weight is 358 g/mol. The number of nitriles is 1. The molecular weight excluding hydrogens is 340 g/mol. The van der Waals surface area contributed by atoms with Gasteiger partial charge in [0.15, 0.2) is 0 Å². The third-order valence-electron chi connectivity index (χ3n) is 3.30. The number of amides is 1. The summed E-state index contributed by atoms with van der Waals surface area (Å²) in [6, 6.07) is 9.78. The number of aromatic nitrogens is 2. The summed E-state index contributed by atoms with van der Waals surface area (Å²) in [4.78, 5) is 22.0. The quantitative estimate of drug-likeness (QED) is 0.647. The maximum absolute atomic E-state index is 12.5. The van der Waals surface area contributed by atoms with Gasteiger partial charge in [-0.1, -0.05) is 23.9 Å². The molecule has 0 aliphatic heterocycles. The number of benzene rings is 1. The number of hydrogen-bond acceptors (Lipinski definition) is 6. The molecule has 2 rings (SSSR count). The summed E-state index contributed by atoms with van der Waals surface area (Å²) in [5.74, 6) is 0.466. The van der Waals surface area contributed by atoms with E-state index >= 15 is 0 Å². The Kier molecular flexibility index (Phi) is 6.23. The van der Waals surface area contributed by atoms with Gasteiger partial charge in [0, 0.05) is 4.90 Å². The topological polar surface area (TPSA) is 78.7 Å². The van der Waals surface area contributed by atoms with E-state index in [1.807, 2.05) is 30.5 Å². The van der Waals surface area contributed by atoms with Crippen LogP contribution < -0.4 is 5.32 Å². The van der Waals surface area contributed by atoms with Crippen molar-refractivity contribution >= 4 is 35.1 Å². The molecule has 0 radical (unpaired) electrons. The second-order valence-corrected chi connectivity index (χ2v) is 7.28. The Morgan fingerprint density at radius 3 is 2.67 bits per heavy atom. The van der Waals surface area contributed by atoms with E-state index in [-0.39, 0.29) is 11.2 Å². The summed E-state index contributed by atoms with van der Waals surface area (Å²) >= 11 is 2.85. The first-order valence-corrected chi connectivity index (χ1v) is 9.42. The van der Waals surface area contributed by atoms with E-state index in [1.165, 1.54) is 11.8 Å². The molecule has 1 heterocycles. The van der Waals surface area contributed by atoms with E-state index in [1.54, 1.807) is 32.5 Å². The molecular formula is C17H18N4OS2. The van der Waals surface area contributed by atoms with Gasteiger partial charge in [-0.2, -0.15) is 5.26 Å². The molecule has 0 saturated heterocycles. The first-order chi connectivity index (χ1) is 11.5. The van der Waals surface area contributed by atoms with Gasteiger partial charge in [0.25, 0.3) is 0 Å². The Morgan fingerprint density at radius 1 is 1.29 bits per heavy atom. The van der Waals surface area contributed by atoms with E-state index in [4.69, 9.17) is 0 Å². The lowest BCUT2D eigenvalue weighted by Gasteiger charge is -2.14. The van der Waals surface area contributed by atoms with Crippen molar-refractivity contribution in [3.8, 4) is 6.07 Å². The SMILES string of the molecule is CSc1ccccc1NC(=O)C(C)Sc1nc(C)nc(C)c1C#N. The lowest BCUT2D eigenvalue weighted by molar-refractivity contribution is -0.115. The van der Waals surface area contributed by atoms with Crippen molar-refractivity contribution in [1.29, 1.82) is 5.26 Å². The van der Waals surface area contributed by atoms with Crippen LogP contribution in [0, 0.1) is 25.2 Å². The summed E-state index contributed by atoms with van der Waals surface area (Å²) in [6.45, 7) is 5.35. The Labute approximate surface area is 150 Å². The van der Waals surface area contributed by atoms with Crippen molar-refractivity contribution in [2.75, 3.05) is 11.6 Å². The normalized spacial score (nSPS) is 11.6. The van der Waals surface area contributed by atoms with Crippen LogP contribution >= 0.6 is 23.5 Å². The zero-order valence-corrected chi connectivity index (χ0v) is 15.6. The number of carbonyl (C=O) groups is 1. The highest BCUT2D eigenvalue weighted by atomic mass is 32.2. The van der Waals surface area contributed by atoms with Crippen LogP contribution in [0.5, 0.6) is 0 Å². The monoisotopic (exact) mass is 358 g/mol. The van der Waals surface area contributed by atoms with Crippen molar-refractivity contribution in [1.82, 2.24) is 9.97 Å². The number of thioether (sulfide) groups is 2. The molecule has 7 heteroatoms. The molecule has 1 aromatic heterocycles. The average Bonchev–Trinajstić information content (AvgIpc) is 2.55. The zero-order chi connectivity index (χ0) is 17.7. The molecule has 1 aromatic carbocycles. The fourth-order valence-corrected chi connectivity index (χ4v) is 3.65. The third kappa shape index (κ3) is 4.28. The molecule has 0 fully saturated rings. The van der Waals surface area contributed by atoms with Crippen LogP contribution in [0.3, 0.4) is 0 Å². The first-order valence-electron chi connectivity index (χ1n) is 7.32. The van der Waals surface area contributed by atoms with Crippen molar-refractivity contribution in [3.63, 3.8) is 0 Å². The van der Waals surface area contributed by atoms with Crippen molar-refractivity contribution < 1.29 is 4.79 Å². The van der Waals surface area contributed by atoms with Crippen LogP contribution in [0.15, 0.2) is 34.2 Å². The van der Waals surface area contributed by atoms with E-state index in [0.29, 0.717) is 22.1 Å². The van der Waals surface area contributed by atoms with Gasteiger partial charge < -0.3 is 5.32 Å². The van der Waals surface area contributed by atoms with Crippen molar-refractivity contribution in [3.05, 3.63) is 41.3 Å². The molecule has 0 bridgehead atoms. The Morgan fingerprint density at radius 2 is 2.00 bits per heavy atom. The van der Waals surface area contributed by atoms with Crippen LogP contribution in [0.4, 0.5) is 5.69 Å². The number of nitrogens with zero attached hydrogens (tertiary/aromatic N) is 3. The molecule has 2 aromatic rings. The van der Waals surface area contributed by atoms with Crippen LogP contribution in [0.1, 0.15) is 24.0 Å². The molecule has 0 spiro atoms. The molecule has 0 saturated carbocycles. The molecule has 0 aliphatic carbocycles. The van der Waals surface area contributed by atoms with Gasteiger partial charge in [0.05, 0.1) is 16.6 Å². The predicted octanol–water partition coefficient (Wildman–Crippen LogP) is 3.81. The third-order valence-corrected chi connectivity index (χ3v) is 5.18. The molecule has 1 N–H and O–H groups in total. The fraction of sp³-hybridized carbons (Fsp3) is 0.294. The second-order valence-electron chi connectivity index (χ2n) is 5.10. The van der Waals surface area contributed by atoms with Gasteiger partial charge in [-0.05, 0) is 39.2 Å². The van der Waals surface area contributed by atoms with Gasteiger partial charge in [0.1, 0.15) is 22.5 Å². The molecule has 1 atom stereocenters. The van der Waals surface area contributed by atoms with Crippen LogP contribution in [0.2, 0.25) is 0 Å². The molecule has 0 aliphatic rings. The van der Waals surface area contributed by atoms with E-state index in [0.717, 1.165) is 10.6 Å². The Balaban J connectivity index is 2.17. The minimum atomic E-state index is -0.388. The summed E-state index contributed by atoms with van der Waals surface area (Å²) in [7, 11) is 0. The lowest BCUT2D eigenvalue weighted by atomic mass is 10.3. The molecule has 124 valence electrons. The molecule has 1 unspecified atom stereocenters. The van der Waals surface area contributed by atoms with E-state index in [9.17, 15) is 10.1 Å². The number of hydrogen-bond donors (Lipinski definition) is 1. The van der Waals surface area contributed by atoms with Crippen molar-refractivity contribution in [2.24, 2.45) is 0 Å². The maximum Gasteiger partial charge on any atom is 0.237 e. The van der Waals surface area contributed by atoms with Crippen molar-refractivity contribution in [2.45, 2.75) is 35.9 Å².